The van der Waals surface area contributed by atoms with Gasteiger partial charge in [-0.15, -0.1) is 0 Å². The van der Waals surface area contributed by atoms with E-state index in [0.717, 1.165) is 27.1 Å². The normalized spacial score (nSPS) is 11.3. The van der Waals surface area contributed by atoms with Crippen LogP contribution in [0, 0.1) is 0 Å². The van der Waals surface area contributed by atoms with Gasteiger partial charge in [0.1, 0.15) is 0 Å². The maximum atomic E-state index is 4.45. The van der Waals surface area contributed by atoms with E-state index in [0.29, 0.717) is 0 Å². The highest BCUT2D eigenvalue weighted by Crippen LogP contribution is 2.21. The molecule has 0 saturated heterocycles. The van der Waals surface area contributed by atoms with Crippen molar-refractivity contribution in [2.45, 2.75) is 0 Å². The van der Waals surface area contributed by atoms with Crippen molar-refractivity contribution < 1.29 is 0 Å². The summed E-state index contributed by atoms with van der Waals surface area (Å²) in [5.41, 5.74) is 3.58. The zero-order valence-corrected chi connectivity index (χ0v) is 13.9. The molecule has 3 aromatic carbocycles. The minimum Gasteiger partial charge on any atom is -0.256 e. The van der Waals surface area contributed by atoms with Crippen LogP contribution in [0.2, 0.25) is 0 Å². The summed E-state index contributed by atoms with van der Waals surface area (Å²) in [4.78, 5) is 4.45. The molecule has 0 spiro atoms. The van der Waals surface area contributed by atoms with E-state index in [9.17, 15) is 0 Å². The van der Waals surface area contributed by atoms with Crippen molar-refractivity contribution in [3.8, 4) is 0 Å². The van der Waals surface area contributed by atoms with Crippen molar-refractivity contribution in [1.82, 2.24) is 0 Å². The summed E-state index contributed by atoms with van der Waals surface area (Å²) in [5.74, 6) is 0. The van der Waals surface area contributed by atoms with Gasteiger partial charge < -0.3 is 0 Å². The van der Waals surface area contributed by atoms with Gasteiger partial charge in [-0.1, -0.05) is 46.3 Å². The van der Waals surface area contributed by atoms with Gasteiger partial charge in [-0.2, -0.15) is 10.2 Å². The monoisotopic (exact) mass is 363 g/mol. The quantitative estimate of drug-likeness (QED) is 0.369. The fraction of sp³-hybridized carbons (Fsp3) is 0. The fourth-order valence-electron chi connectivity index (χ4n) is 1.91. The van der Waals surface area contributed by atoms with Crippen LogP contribution in [0.4, 0.5) is 17.1 Å². The molecule has 0 amide bonds. The third kappa shape index (κ3) is 4.69. The van der Waals surface area contributed by atoms with Crippen molar-refractivity contribution >= 4 is 39.2 Å². The minimum absolute atomic E-state index is 0.802. The van der Waals surface area contributed by atoms with E-state index < -0.39 is 0 Å². The van der Waals surface area contributed by atoms with E-state index in [1.807, 2.05) is 85.1 Å². The number of azo groups is 1. The van der Waals surface area contributed by atoms with Gasteiger partial charge in [0.2, 0.25) is 0 Å². The molecule has 0 aromatic heterocycles. The summed E-state index contributed by atoms with van der Waals surface area (Å²) in [5, 5.41) is 8.40. The predicted molar refractivity (Wildman–Crippen MR) is 98.5 cm³/mol. The van der Waals surface area contributed by atoms with Crippen LogP contribution < -0.4 is 0 Å². The number of aliphatic imine (C=N–C) groups is 1. The molecule has 4 heteroatoms. The standard InChI is InChI=1S/C19H14BrN3/c20-16-8-6-15(7-9-16)14-21-17-10-12-19(13-11-17)23-22-18-4-2-1-3-5-18/h1-14H. The third-order valence-electron chi connectivity index (χ3n) is 3.12. The number of hydrogen-bond acceptors (Lipinski definition) is 3. The molecule has 112 valence electrons. The Kier molecular flexibility index (Phi) is 5.06. The summed E-state index contributed by atoms with van der Waals surface area (Å²) in [6.45, 7) is 0. The lowest BCUT2D eigenvalue weighted by atomic mass is 10.2. The first-order valence-electron chi connectivity index (χ1n) is 7.16. The Morgan fingerprint density at radius 1 is 0.609 bits per heavy atom. The molecule has 0 heterocycles. The Labute approximate surface area is 143 Å². The van der Waals surface area contributed by atoms with E-state index in [-0.39, 0.29) is 0 Å². The highest BCUT2D eigenvalue weighted by Gasteiger charge is 1.93. The first-order valence-corrected chi connectivity index (χ1v) is 7.95. The molecular weight excluding hydrogens is 350 g/mol. The van der Waals surface area contributed by atoms with Crippen molar-refractivity contribution in [3.05, 3.63) is 88.9 Å². The van der Waals surface area contributed by atoms with Gasteiger partial charge in [0, 0.05) is 10.7 Å². The maximum Gasteiger partial charge on any atom is 0.0858 e. The summed E-state index contributed by atoms with van der Waals surface area (Å²) in [6, 6.07) is 25.3. The minimum atomic E-state index is 0.802. The number of halogens is 1. The van der Waals surface area contributed by atoms with Gasteiger partial charge in [-0.25, -0.2) is 0 Å². The number of benzene rings is 3. The molecule has 0 atom stereocenters. The molecule has 3 rings (SSSR count). The Morgan fingerprint density at radius 2 is 1.17 bits per heavy atom. The predicted octanol–water partition coefficient (Wildman–Crippen LogP) is 6.62. The first kappa shape index (κ1) is 15.3. The Balaban J connectivity index is 1.67. The largest absolute Gasteiger partial charge is 0.256 e. The lowest BCUT2D eigenvalue weighted by Crippen LogP contribution is -1.78. The average Bonchev–Trinajstić information content (AvgIpc) is 2.61. The Morgan fingerprint density at radius 3 is 1.83 bits per heavy atom. The second-order valence-corrected chi connectivity index (χ2v) is 5.78. The van der Waals surface area contributed by atoms with Crippen LogP contribution in [-0.2, 0) is 0 Å². The molecule has 0 aliphatic heterocycles. The van der Waals surface area contributed by atoms with E-state index in [2.05, 4.69) is 31.2 Å². The highest BCUT2D eigenvalue weighted by atomic mass is 79.9. The van der Waals surface area contributed by atoms with E-state index in [4.69, 9.17) is 0 Å². The smallest absolute Gasteiger partial charge is 0.0858 e. The average molecular weight is 364 g/mol. The SMILES string of the molecule is Brc1ccc(C=Nc2ccc(N=Nc3ccccc3)cc2)cc1. The van der Waals surface area contributed by atoms with Crippen molar-refractivity contribution in [3.63, 3.8) is 0 Å². The Bertz CT molecular complexity index is 807. The molecule has 0 fully saturated rings. The summed E-state index contributed by atoms with van der Waals surface area (Å²) in [7, 11) is 0. The van der Waals surface area contributed by atoms with Gasteiger partial charge in [0.05, 0.1) is 17.1 Å². The number of hydrogen-bond donors (Lipinski definition) is 0. The van der Waals surface area contributed by atoms with Crippen LogP contribution >= 0.6 is 15.9 Å². The summed E-state index contributed by atoms with van der Waals surface area (Å²) < 4.78 is 1.06. The number of nitrogens with zero attached hydrogens (tertiary/aromatic N) is 3. The third-order valence-corrected chi connectivity index (χ3v) is 3.65. The fourth-order valence-corrected chi connectivity index (χ4v) is 2.18. The molecule has 0 bridgehead atoms. The van der Waals surface area contributed by atoms with Crippen molar-refractivity contribution in [2.24, 2.45) is 15.2 Å². The van der Waals surface area contributed by atoms with Crippen LogP contribution in [-0.4, -0.2) is 6.21 Å². The van der Waals surface area contributed by atoms with Crippen molar-refractivity contribution in [1.29, 1.82) is 0 Å². The second kappa shape index (κ2) is 7.61. The van der Waals surface area contributed by atoms with Gasteiger partial charge >= 0.3 is 0 Å². The Hall–Kier alpha value is -2.59. The van der Waals surface area contributed by atoms with E-state index in [1.54, 1.807) is 0 Å². The van der Waals surface area contributed by atoms with Crippen LogP contribution in [0.25, 0.3) is 0 Å². The van der Waals surface area contributed by atoms with Gasteiger partial charge in [0.25, 0.3) is 0 Å². The van der Waals surface area contributed by atoms with E-state index in [1.165, 1.54) is 0 Å². The molecule has 0 saturated carbocycles. The molecule has 3 aromatic rings. The second-order valence-electron chi connectivity index (χ2n) is 4.86. The molecule has 23 heavy (non-hydrogen) atoms. The molecule has 0 unspecified atom stereocenters. The first-order chi connectivity index (χ1) is 11.3. The van der Waals surface area contributed by atoms with Crippen molar-refractivity contribution in [2.75, 3.05) is 0 Å². The van der Waals surface area contributed by atoms with Crippen LogP contribution in [0.1, 0.15) is 5.56 Å². The highest BCUT2D eigenvalue weighted by molar-refractivity contribution is 9.10. The van der Waals surface area contributed by atoms with E-state index >= 15 is 0 Å². The van der Waals surface area contributed by atoms with Gasteiger partial charge in [-0.3, -0.25) is 4.99 Å². The molecule has 0 aliphatic rings. The summed E-state index contributed by atoms with van der Waals surface area (Å²) in [6.07, 6.45) is 1.84. The molecule has 0 radical (unpaired) electrons. The molecular formula is C19H14BrN3. The van der Waals surface area contributed by atoms with Crippen LogP contribution in [0.15, 0.2) is 98.6 Å². The zero-order valence-electron chi connectivity index (χ0n) is 12.3. The summed E-state index contributed by atoms with van der Waals surface area (Å²) >= 11 is 3.42. The van der Waals surface area contributed by atoms with Crippen LogP contribution in [0.3, 0.4) is 0 Å². The zero-order chi connectivity index (χ0) is 15.9. The molecule has 3 nitrogen and oxygen atoms in total. The van der Waals surface area contributed by atoms with Crippen LogP contribution in [0.5, 0.6) is 0 Å². The number of rotatable bonds is 4. The lowest BCUT2D eigenvalue weighted by Gasteiger charge is -1.96. The van der Waals surface area contributed by atoms with Gasteiger partial charge in [0.15, 0.2) is 0 Å². The topological polar surface area (TPSA) is 37.1 Å². The molecule has 0 aliphatic carbocycles. The lowest BCUT2D eigenvalue weighted by molar-refractivity contribution is 1.23. The molecule has 0 N–H and O–H groups in total. The van der Waals surface area contributed by atoms with Gasteiger partial charge in [-0.05, 0) is 54.1 Å². The maximum absolute atomic E-state index is 4.45.